The van der Waals surface area contributed by atoms with E-state index in [0.717, 1.165) is 44.7 Å². The average molecular weight is 380 g/mol. The summed E-state index contributed by atoms with van der Waals surface area (Å²) in [5.41, 5.74) is 0.271. The van der Waals surface area contributed by atoms with Gasteiger partial charge in [-0.3, -0.25) is 9.80 Å². The van der Waals surface area contributed by atoms with Crippen LogP contribution in [0.15, 0.2) is 0 Å². The number of piperidine rings is 1. The highest BCUT2D eigenvalue weighted by Crippen LogP contribution is 2.56. The topological polar surface area (TPSA) is 56.2 Å². The standard InChI is InChI=1S/C21H37N3O3/c1-3-18-19(14-21(18)8-11-23(15-21)20(25)26)22-9-6-17(7-10-22)24(12-13-27-2)16-4-5-16/h16-19H,3-15H2,1-2H3,(H,25,26). The second-order valence-electron chi connectivity index (χ2n) is 9.33. The minimum absolute atomic E-state index is 0.271. The Balaban J connectivity index is 1.30. The minimum atomic E-state index is -0.734. The fourth-order valence-electron chi connectivity index (χ4n) is 6.39. The number of rotatable bonds is 7. The van der Waals surface area contributed by atoms with Gasteiger partial charge in [-0.05, 0) is 62.9 Å². The van der Waals surface area contributed by atoms with Gasteiger partial charge in [-0.15, -0.1) is 0 Å². The Morgan fingerprint density at radius 2 is 1.89 bits per heavy atom. The first-order chi connectivity index (χ1) is 13.1. The molecule has 4 aliphatic rings. The van der Waals surface area contributed by atoms with Crippen LogP contribution >= 0.6 is 0 Å². The normalized spacial score (nSPS) is 35.1. The number of hydrogen-bond acceptors (Lipinski definition) is 4. The van der Waals surface area contributed by atoms with Crippen molar-refractivity contribution in [2.24, 2.45) is 11.3 Å². The SMILES string of the molecule is CCC1C(N2CCC(N(CCOC)C3CC3)CC2)CC12CCN(C(=O)O)C2. The lowest BCUT2D eigenvalue weighted by molar-refractivity contribution is -0.0831. The molecule has 2 heterocycles. The Kier molecular flexibility index (Phi) is 5.68. The monoisotopic (exact) mass is 379 g/mol. The highest BCUT2D eigenvalue weighted by atomic mass is 16.5. The molecule has 4 fully saturated rings. The Hall–Kier alpha value is -0.850. The van der Waals surface area contributed by atoms with E-state index in [1.54, 1.807) is 12.0 Å². The maximum Gasteiger partial charge on any atom is 0.407 e. The molecule has 154 valence electrons. The van der Waals surface area contributed by atoms with E-state index in [1.807, 2.05) is 0 Å². The summed E-state index contributed by atoms with van der Waals surface area (Å²) in [5, 5.41) is 9.33. The predicted octanol–water partition coefficient (Wildman–Crippen LogP) is 2.73. The molecule has 1 amide bonds. The molecule has 6 nitrogen and oxygen atoms in total. The van der Waals surface area contributed by atoms with Crippen LogP contribution < -0.4 is 0 Å². The molecule has 4 rings (SSSR count). The molecule has 0 radical (unpaired) electrons. The van der Waals surface area contributed by atoms with Crippen molar-refractivity contribution in [3.05, 3.63) is 0 Å². The van der Waals surface area contributed by atoms with Crippen LogP contribution in [-0.4, -0.2) is 90.5 Å². The zero-order chi connectivity index (χ0) is 19.0. The van der Waals surface area contributed by atoms with Gasteiger partial charge in [0.25, 0.3) is 0 Å². The van der Waals surface area contributed by atoms with Crippen LogP contribution in [0.25, 0.3) is 0 Å². The maximum atomic E-state index is 11.3. The van der Waals surface area contributed by atoms with Crippen molar-refractivity contribution >= 4 is 6.09 Å². The van der Waals surface area contributed by atoms with Gasteiger partial charge in [0.1, 0.15) is 0 Å². The van der Waals surface area contributed by atoms with Crippen molar-refractivity contribution in [1.29, 1.82) is 0 Å². The summed E-state index contributed by atoms with van der Waals surface area (Å²) in [6, 6.07) is 2.22. The molecule has 0 bridgehead atoms. The molecule has 27 heavy (non-hydrogen) atoms. The molecule has 0 aromatic rings. The van der Waals surface area contributed by atoms with Crippen molar-refractivity contribution in [1.82, 2.24) is 14.7 Å². The maximum absolute atomic E-state index is 11.3. The molecule has 2 aliphatic heterocycles. The Labute approximate surface area is 163 Å². The third-order valence-corrected chi connectivity index (χ3v) is 7.97. The van der Waals surface area contributed by atoms with Crippen LogP contribution in [0.5, 0.6) is 0 Å². The third kappa shape index (κ3) is 3.73. The van der Waals surface area contributed by atoms with Crippen molar-refractivity contribution in [3.63, 3.8) is 0 Å². The highest BCUT2D eigenvalue weighted by molar-refractivity contribution is 5.65. The van der Waals surface area contributed by atoms with Crippen molar-refractivity contribution in [2.75, 3.05) is 46.4 Å². The predicted molar refractivity (Wildman–Crippen MR) is 105 cm³/mol. The summed E-state index contributed by atoms with van der Waals surface area (Å²) in [4.78, 5) is 18.5. The van der Waals surface area contributed by atoms with E-state index in [2.05, 4.69) is 16.7 Å². The summed E-state index contributed by atoms with van der Waals surface area (Å²) in [5.74, 6) is 0.673. The first kappa shape index (κ1) is 19.5. The number of nitrogens with zero attached hydrogens (tertiary/aromatic N) is 3. The van der Waals surface area contributed by atoms with Gasteiger partial charge in [0.2, 0.25) is 0 Å². The molecule has 0 aromatic heterocycles. The van der Waals surface area contributed by atoms with Gasteiger partial charge >= 0.3 is 6.09 Å². The van der Waals surface area contributed by atoms with Crippen LogP contribution in [0.1, 0.15) is 51.9 Å². The van der Waals surface area contributed by atoms with Gasteiger partial charge in [-0.2, -0.15) is 0 Å². The zero-order valence-electron chi connectivity index (χ0n) is 17.1. The van der Waals surface area contributed by atoms with E-state index in [1.165, 1.54) is 51.6 Å². The fourth-order valence-corrected chi connectivity index (χ4v) is 6.39. The van der Waals surface area contributed by atoms with E-state index in [0.29, 0.717) is 12.0 Å². The molecular formula is C21H37N3O3. The second kappa shape index (κ2) is 7.88. The lowest BCUT2D eigenvalue weighted by Gasteiger charge is -2.58. The Morgan fingerprint density at radius 1 is 1.19 bits per heavy atom. The van der Waals surface area contributed by atoms with Crippen LogP contribution in [0.4, 0.5) is 4.79 Å². The largest absolute Gasteiger partial charge is 0.465 e. The molecule has 3 atom stereocenters. The van der Waals surface area contributed by atoms with E-state index in [4.69, 9.17) is 4.74 Å². The molecule has 6 heteroatoms. The zero-order valence-corrected chi connectivity index (χ0v) is 17.1. The molecule has 2 saturated carbocycles. The van der Waals surface area contributed by atoms with E-state index < -0.39 is 6.09 Å². The second-order valence-corrected chi connectivity index (χ2v) is 9.33. The Bertz CT molecular complexity index is 533. The van der Waals surface area contributed by atoms with Crippen molar-refractivity contribution in [3.8, 4) is 0 Å². The molecule has 1 spiro atoms. The number of ether oxygens (including phenoxy) is 1. The van der Waals surface area contributed by atoms with Crippen LogP contribution in [-0.2, 0) is 4.74 Å². The summed E-state index contributed by atoms with van der Waals surface area (Å²) in [6.45, 7) is 8.15. The quantitative estimate of drug-likeness (QED) is 0.737. The molecule has 3 unspecified atom stereocenters. The van der Waals surface area contributed by atoms with Gasteiger partial charge < -0.3 is 14.7 Å². The van der Waals surface area contributed by atoms with Gasteiger partial charge in [0.15, 0.2) is 0 Å². The van der Waals surface area contributed by atoms with Crippen LogP contribution in [0.2, 0.25) is 0 Å². The smallest absolute Gasteiger partial charge is 0.407 e. The number of hydrogen-bond donors (Lipinski definition) is 1. The van der Waals surface area contributed by atoms with E-state index in [9.17, 15) is 9.90 Å². The molecule has 2 aliphatic carbocycles. The van der Waals surface area contributed by atoms with Gasteiger partial charge in [-0.1, -0.05) is 13.3 Å². The van der Waals surface area contributed by atoms with Gasteiger partial charge in [0.05, 0.1) is 6.61 Å². The fraction of sp³-hybridized carbons (Fsp3) is 0.952. The molecule has 2 saturated heterocycles. The Morgan fingerprint density at radius 3 is 2.44 bits per heavy atom. The molecular weight excluding hydrogens is 342 g/mol. The molecule has 0 aromatic carbocycles. The first-order valence-corrected chi connectivity index (χ1v) is 11.0. The third-order valence-electron chi connectivity index (χ3n) is 7.97. The lowest BCUT2D eigenvalue weighted by Crippen LogP contribution is -2.62. The van der Waals surface area contributed by atoms with Crippen LogP contribution in [0, 0.1) is 11.3 Å². The summed E-state index contributed by atoms with van der Waals surface area (Å²) in [7, 11) is 1.81. The van der Waals surface area contributed by atoms with Crippen LogP contribution in [0.3, 0.4) is 0 Å². The van der Waals surface area contributed by atoms with Crippen molar-refractivity contribution < 1.29 is 14.6 Å². The number of carboxylic acid groups (broad SMARTS) is 1. The summed E-state index contributed by atoms with van der Waals surface area (Å²) < 4.78 is 5.34. The number of likely N-dealkylation sites (tertiary alicyclic amines) is 2. The van der Waals surface area contributed by atoms with Crippen molar-refractivity contribution in [2.45, 2.75) is 70.0 Å². The first-order valence-electron chi connectivity index (χ1n) is 11.0. The summed E-state index contributed by atoms with van der Waals surface area (Å²) in [6.07, 6.45) is 8.01. The highest BCUT2D eigenvalue weighted by Gasteiger charge is 2.58. The van der Waals surface area contributed by atoms with Gasteiger partial charge in [-0.25, -0.2) is 4.79 Å². The minimum Gasteiger partial charge on any atom is -0.465 e. The van der Waals surface area contributed by atoms with Gasteiger partial charge in [0, 0.05) is 44.9 Å². The summed E-state index contributed by atoms with van der Waals surface area (Å²) >= 11 is 0. The average Bonchev–Trinajstić information content (AvgIpc) is 3.38. The number of amides is 1. The number of methoxy groups -OCH3 is 1. The van der Waals surface area contributed by atoms with E-state index in [-0.39, 0.29) is 5.41 Å². The lowest BCUT2D eigenvalue weighted by atomic mass is 9.54. The molecule has 1 N–H and O–H groups in total. The van der Waals surface area contributed by atoms with E-state index >= 15 is 0 Å². The number of carbonyl (C=O) groups is 1.